The van der Waals surface area contributed by atoms with Gasteiger partial charge in [0.05, 0.1) is 16.9 Å². The van der Waals surface area contributed by atoms with Crippen LogP contribution in [0.5, 0.6) is 0 Å². The summed E-state index contributed by atoms with van der Waals surface area (Å²) < 4.78 is 4.89. The van der Waals surface area contributed by atoms with E-state index in [1.54, 1.807) is 17.5 Å². The normalized spacial score (nSPS) is 13.0. The number of fused-ring (bicyclic) bond motifs is 1. The highest BCUT2D eigenvalue weighted by molar-refractivity contribution is 7.22. The number of hydrogen-bond donors (Lipinski definition) is 1. The molecule has 6 nitrogen and oxygen atoms in total. The Hall–Kier alpha value is -1.89. The Kier molecular flexibility index (Phi) is 2.98. The van der Waals surface area contributed by atoms with E-state index in [2.05, 4.69) is 27.4 Å². The molecule has 3 heterocycles. The van der Waals surface area contributed by atoms with Crippen molar-refractivity contribution in [2.75, 3.05) is 5.32 Å². The molecular formula is C12H16N6S. The number of aromatic nitrogens is 5. The van der Waals surface area contributed by atoms with Gasteiger partial charge in [0.25, 0.3) is 0 Å². The Labute approximate surface area is 115 Å². The number of thiazole rings is 1. The maximum atomic E-state index is 4.58. The molecule has 0 bridgehead atoms. The van der Waals surface area contributed by atoms with Gasteiger partial charge in [0.15, 0.2) is 10.8 Å². The average molecular weight is 276 g/mol. The van der Waals surface area contributed by atoms with Gasteiger partial charge in [-0.3, -0.25) is 4.68 Å². The highest BCUT2D eigenvalue weighted by Crippen LogP contribution is 2.28. The van der Waals surface area contributed by atoms with Gasteiger partial charge >= 0.3 is 0 Å². The minimum Gasteiger partial charge on any atom is -0.357 e. The van der Waals surface area contributed by atoms with Gasteiger partial charge in [-0.2, -0.15) is 10.2 Å². The van der Waals surface area contributed by atoms with Crippen molar-refractivity contribution in [3.63, 3.8) is 0 Å². The van der Waals surface area contributed by atoms with E-state index in [1.165, 1.54) is 0 Å². The van der Waals surface area contributed by atoms with Crippen molar-refractivity contribution in [2.24, 2.45) is 7.05 Å². The zero-order chi connectivity index (χ0) is 13.4. The van der Waals surface area contributed by atoms with E-state index < -0.39 is 0 Å². The first-order chi connectivity index (χ1) is 9.13. The maximum absolute atomic E-state index is 4.58. The van der Waals surface area contributed by atoms with Gasteiger partial charge in [-0.25, -0.2) is 9.67 Å². The summed E-state index contributed by atoms with van der Waals surface area (Å²) in [6.07, 6.45) is 3.75. The van der Waals surface area contributed by atoms with Gasteiger partial charge < -0.3 is 5.32 Å². The van der Waals surface area contributed by atoms with Crippen LogP contribution in [0.3, 0.4) is 0 Å². The highest BCUT2D eigenvalue weighted by Gasteiger charge is 2.13. The molecule has 3 aromatic rings. The molecule has 0 fully saturated rings. The molecule has 0 amide bonds. The van der Waals surface area contributed by atoms with Crippen LogP contribution >= 0.6 is 11.3 Å². The summed E-state index contributed by atoms with van der Waals surface area (Å²) in [5.74, 6) is 0. The van der Waals surface area contributed by atoms with Crippen LogP contribution in [0, 0.1) is 6.92 Å². The minimum atomic E-state index is 0.272. The zero-order valence-corrected chi connectivity index (χ0v) is 12.0. The second kappa shape index (κ2) is 4.65. The molecule has 0 aliphatic heterocycles. The van der Waals surface area contributed by atoms with E-state index >= 15 is 0 Å². The Morgan fingerprint density at radius 1 is 1.47 bits per heavy atom. The van der Waals surface area contributed by atoms with Crippen LogP contribution in [-0.2, 0) is 13.6 Å². The number of nitrogens with one attached hydrogen (secondary N) is 1. The van der Waals surface area contributed by atoms with Gasteiger partial charge in [0.2, 0.25) is 0 Å². The van der Waals surface area contributed by atoms with Crippen LogP contribution in [0.1, 0.15) is 12.6 Å². The number of rotatable bonds is 4. The van der Waals surface area contributed by atoms with Crippen molar-refractivity contribution in [1.82, 2.24) is 24.5 Å². The van der Waals surface area contributed by atoms with E-state index in [1.807, 2.05) is 35.6 Å². The summed E-state index contributed by atoms with van der Waals surface area (Å²) in [5, 5.41) is 12.9. The molecule has 0 radical (unpaired) electrons. The lowest BCUT2D eigenvalue weighted by atomic mass is 10.3. The number of hydrogen-bond acceptors (Lipinski definition) is 5. The van der Waals surface area contributed by atoms with Gasteiger partial charge in [0.1, 0.15) is 0 Å². The fourth-order valence-corrected chi connectivity index (χ4v) is 3.14. The lowest BCUT2D eigenvalue weighted by Gasteiger charge is -2.12. The monoisotopic (exact) mass is 276 g/mol. The Balaban J connectivity index is 1.76. The molecule has 1 atom stereocenters. The van der Waals surface area contributed by atoms with Crippen LogP contribution < -0.4 is 5.32 Å². The van der Waals surface area contributed by atoms with Gasteiger partial charge in [-0.15, -0.1) is 0 Å². The van der Waals surface area contributed by atoms with Crippen LogP contribution in [-0.4, -0.2) is 30.6 Å². The molecule has 0 spiro atoms. The predicted molar refractivity (Wildman–Crippen MR) is 76.4 cm³/mol. The third-order valence-electron chi connectivity index (χ3n) is 2.93. The van der Waals surface area contributed by atoms with Crippen LogP contribution in [0.25, 0.3) is 10.3 Å². The van der Waals surface area contributed by atoms with Crippen LogP contribution in [0.4, 0.5) is 5.13 Å². The van der Waals surface area contributed by atoms with E-state index in [0.717, 1.165) is 27.7 Å². The summed E-state index contributed by atoms with van der Waals surface area (Å²) in [6.45, 7) is 4.95. The third kappa shape index (κ3) is 2.33. The number of nitrogens with zero attached hydrogens (tertiary/aromatic N) is 5. The van der Waals surface area contributed by atoms with Gasteiger partial charge in [-0.1, -0.05) is 11.3 Å². The summed E-state index contributed by atoms with van der Waals surface area (Å²) in [6, 6.07) is 2.20. The quantitative estimate of drug-likeness (QED) is 0.792. The van der Waals surface area contributed by atoms with E-state index in [0.29, 0.717) is 0 Å². The molecule has 0 aliphatic carbocycles. The molecule has 0 aromatic carbocycles. The molecule has 0 saturated heterocycles. The number of anilines is 1. The van der Waals surface area contributed by atoms with Gasteiger partial charge in [-0.05, 0) is 19.9 Å². The molecule has 3 aromatic heterocycles. The smallest absolute Gasteiger partial charge is 0.185 e. The summed E-state index contributed by atoms with van der Waals surface area (Å²) in [5.41, 5.74) is 1.97. The maximum Gasteiger partial charge on any atom is 0.185 e. The minimum absolute atomic E-state index is 0.272. The Bertz CT molecular complexity index is 646. The largest absolute Gasteiger partial charge is 0.357 e. The van der Waals surface area contributed by atoms with Crippen molar-refractivity contribution in [3.8, 4) is 0 Å². The molecule has 100 valence electrons. The fraction of sp³-hybridized carbons (Fsp3) is 0.417. The van der Waals surface area contributed by atoms with Crippen LogP contribution in [0.2, 0.25) is 0 Å². The lowest BCUT2D eigenvalue weighted by Crippen LogP contribution is -2.22. The highest BCUT2D eigenvalue weighted by atomic mass is 32.1. The first-order valence-corrected chi connectivity index (χ1v) is 6.99. The van der Waals surface area contributed by atoms with Crippen molar-refractivity contribution < 1.29 is 0 Å². The summed E-state index contributed by atoms with van der Waals surface area (Å²) in [7, 11) is 1.92. The zero-order valence-electron chi connectivity index (χ0n) is 11.2. The first kappa shape index (κ1) is 12.2. The first-order valence-electron chi connectivity index (χ1n) is 6.17. The van der Waals surface area contributed by atoms with Crippen molar-refractivity contribution in [2.45, 2.75) is 26.4 Å². The SMILES string of the molecule is Cc1nn(C)c2nc(N[C@H](C)Cn3cccn3)sc12. The van der Waals surface area contributed by atoms with Crippen LogP contribution in [0.15, 0.2) is 18.5 Å². The second-order valence-corrected chi connectivity index (χ2v) is 5.65. The van der Waals surface area contributed by atoms with Crippen molar-refractivity contribution in [3.05, 3.63) is 24.2 Å². The molecule has 7 heteroatoms. The number of aryl methyl sites for hydroxylation is 2. The standard InChI is InChI=1S/C12H16N6S/c1-8(7-18-6-4-5-13-18)14-12-15-11-10(19-12)9(2)16-17(11)3/h4-6,8H,7H2,1-3H3,(H,14,15)/t8-/m1/s1. The topological polar surface area (TPSA) is 60.6 Å². The van der Waals surface area contributed by atoms with Gasteiger partial charge in [0, 0.05) is 25.5 Å². The summed E-state index contributed by atoms with van der Waals surface area (Å²) >= 11 is 1.65. The van der Waals surface area contributed by atoms with E-state index in [9.17, 15) is 0 Å². The predicted octanol–water partition coefficient (Wildman–Crippen LogP) is 2.04. The molecule has 1 N–H and O–H groups in total. The summed E-state index contributed by atoms with van der Waals surface area (Å²) in [4.78, 5) is 4.58. The molecular weight excluding hydrogens is 260 g/mol. The Morgan fingerprint density at radius 3 is 3.00 bits per heavy atom. The van der Waals surface area contributed by atoms with E-state index in [-0.39, 0.29) is 6.04 Å². The molecule has 0 unspecified atom stereocenters. The average Bonchev–Trinajstić information content (AvgIpc) is 3.01. The van der Waals surface area contributed by atoms with Crippen molar-refractivity contribution in [1.29, 1.82) is 0 Å². The van der Waals surface area contributed by atoms with Crippen molar-refractivity contribution >= 4 is 26.8 Å². The lowest BCUT2D eigenvalue weighted by molar-refractivity contribution is 0.560. The Morgan fingerprint density at radius 2 is 2.32 bits per heavy atom. The molecule has 0 saturated carbocycles. The fourth-order valence-electron chi connectivity index (χ4n) is 2.09. The third-order valence-corrected chi connectivity index (χ3v) is 4.02. The van der Waals surface area contributed by atoms with E-state index in [4.69, 9.17) is 0 Å². The second-order valence-electron chi connectivity index (χ2n) is 4.65. The molecule has 19 heavy (non-hydrogen) atoms. The molecule has 0 aliphatic rings. The molecule has 3 rings (SSSR count).